The molecule has 1 aromatic heterocycles. The first-order valence-corrected chi connectivity index (χ1v) is 9.29. The first-order chi connectivity index (χ1) is 13.9. The Morgan fingerprint density at radius 3 is 2.55 bits per heavy atom. The van der Waals surface area contributed by atoms with Gasteiger partial charge in [0.15, 0.2) is 0 Å². The number of nitrogen functional groups attached to an aromatic ring is 1. The fraction of sp³-hybridized carbons (Fsp3) is 0.217. The van der Waals surface area contributed by atoms with Crippen LogP contribution in [0.15, 0.2) is 65.5 Å². The maximum absolute atomic E-state index is 12.1. The Kier molecular flexibility index (Phi) is 4.62. The highest BCUT2D eigenvalue weighted by Gasteiger charge is 2.46. The molecule has 1 heterocycles. The van der Waals surface area contributed by atoms with E-state index in [4.69, 9.17) is 15.2 Å². The first kappa shape index (κ1) is 18.8. The van der Waals surface area contributed by atoms with Gasteiger partial charge in [-0.05, 0) is 29.3 Å². The van der Waals surface area contributed by atoms with E-state index in [0.717, 1.165) is 33.8 Å². The third kappa shape index (κ3) is 3.27. The van der Waals surface area contributed by atoms with Gasteiger partial charge in [-0.1, -0.05) is 36.4 Å². The van der Waals surface area contributed by atoms with Crippen molar-refractivity contribution < 1.29 is 9.47 Å². The van der Waals surface area contributed by atoms with Crippen molar-refractivity contribution >= 4 is 5.95 Å². The van der Waals surface area contributed by atoms with E-state index in [1.807, 2.05) is 30.3 Å². The summed E-state index contributed by atoms with van der Waals surface area (Å²) in [6.45, 7) is 4.19. The van der Waals surface area contributed by atoms with Gasteiger partial charge in [0.2, 0.25) is 5.95 Å². The van der Waals surface area contributed by atoms with Gasteiger partial charge < -0.3 is 15.2 Å². The van der Waals surface area contributed by atoms with E-state index in [-0.39, 0.29) is 23.3 Å². The molecule has 148 valence electrons. The number of hydrogen-bond acceptors (Lipinski definition) is 5. The minimum Gasteiger partial charge on any atom is -0.497 e. The maximum Gasteiger partial charge on any atom is 0.254 e. The monoisotopic (exact) mass is 389 g/mol. The quantitative estimate of drug-likeness (QED) is 0.676. The Morgan fingerprint density at radius 1 is 1.07 bits per heavy atom. The van der Waals surface area contributed by atoms with Gasteiger partial charge in [-0.3, -0.25) is 9.36 Å². The number of anilines is 1. The Labute approximate surface area is 169 Å². The molecular formula is C23H23N3O3. The molecule has 2 atom stereocenters. The highest BCUT2D eigenvalue weighted by molar-refractivity contribution is 5.73. The van der Waals surface area contributed by atoms with Gasteiger partial charge in [0.05, 0.1) is 19.9 Å². The second-order valence-corrected chi connectivity index (χ2v) is 7.16. The molecule has 2 N–H and O–H groups in total. The molecule has 0 radical (unpaired) electrons. The highest BCUT2D eigenvalue weighted by atomic mass is 16.5. The van der Waals surface area contributed by atoms with Crippen LogP contribution in [0.4, 0.5) is 5.95 Å². The molecule has 4 rings (SSSR count). The van der Waals surface area contributed by atoms with E-state index >= 15 is 0 Å². The summed E-state index contributed by atoms with van der Waals surface area (Å²) in [7, 11) is 4.90. The summed E-state index contributed by atoms with van der Waals surface area (Å²) in [6, 6.07) is 15.5. The zero-order valence-corrected chi connectivity index (χ0v) is 16.7. The van der Waals surface area contributed by atoms with Crippen molar-refractivity contribution in [3.8, 4) is 22.6 Å². The number of rotatable bonds is 5. The van der Waals surface area contributed by atoms with Gasteiger partial charge in [-0.25, -0.2) is 4.98 Å². The summed E-state index contributed by atoms with van der Waals surface area (Å²) >= 11 is 0. The van der Waals surface area contributed by atoms with Crippen LogP contribution in [0.25, 0.3) is 11.1 Å². The lowest BCUT2D eigenvalue weighted by atomic mass is 9.99. The number of aromatic nitrogens is 2. The van der Waals surface area contributed by atoms with Crippen molar-refractivity contribution in [3.05, 3.63) is 82.3 Å². The summed E-state index contributed by atoms with van der Waals surface area (Å²) in [5.41, 5.74) is 10.5. The largest absolute Gasteiger partial charge is 0.497 e. The summed E-state index contributed by atoms with van der Waals surface area (Å²) in [5, 5.41) is 0. The standard InChI is InChI=1S/C23H23N3O3/c1-13-21(22(13)18-12-20(27)26(2)23(24)25-18)15-7-5-6-14(10-15)17-11-16(28-3)8-9-19(17)29-4/h5-12,21-22H,1H2,2-4H3,(H2,24,25). The van der Waals surface area contributed by atoms with Crippen molar-refractivity contribution in [2.75, 3.05) is 20.0 Å². The number of allylic oxidation sites excluding steroid dienone is 1. The average molecular weight is 389 g/mol. The van der Waals surface area contributed by atoms with Crippen LogP contribution >= 0.6 is 0 Å². The minimum atomic E-state index is -0.166. The van der Waals surface area contributed by atoms with E-state index in [9.17, 15) is 4.79 Å². The van der Waals surface area contributed by atoms with Crippen LogP contribution in [0.5, 0.6) is 11.5 Å². The van der Waals surface area contributed by atoms with Crippen molar-refractivity contribution in [2.24, 2.45) is 7.05 Å². The van der Waals surface area contributed by atoms with Crippen molar-refractivity contribution in [2.45, 2.75) is 11.8 Å². The van der Waals surface area contributed by atoms with Gasteiger partial charge >= 0.3 is 0 Å². The minimum absolute atomic E-state index is 0.00587. The lowest BCUT2D eigenvalue weighted by Gasteiger charge is -2.12. The summed E-state index contributed by atoms with van der Waals surface area (Å²) in [6.07, 6.45) is 0. The van der Waals surface area contributed by atoms with E-state index in [2.05, 4.69) is 23.7 Å². The molecule has 0 bridgehead atoms. The van der Waals surface area contributed by atoms with Crippen molar-refractivity contribution in [1.82, 2.24) is 9.55 Å². The van der Waals surface area contributed by atoms with E-state index in [1.54, 1.807) is 27.3 Å². The number of nitrogens with zero attached hydrogens (tertiary/aromatic N) is 2. The number of hydrogen-bond donors (Lipinski definition) is 1. The SMILES string of the molecule is C=C1C(c2cccc(-c3cc(OC)ccc3OC)c2)C1c1cc(=O)n(C)c(N)n1. The van der Waals surface area contributed by atoms with E-state index < -0.39 is 0 Å². The zero-order chi connectivity index (χ0) is 20.7. The molecular weight excluding hydrogens is 366 g/mol. The van der Waals surface area contributed by atoms with Crippen LogP contribution in [0.2, 0.25) is 0 Å². The van der Waals surface area contributed by atoms with Crippen LogP contribution < -0.4 is 20.8 Å². The predicted octanol–water partition coefficient (Wildman–Crippen LogP) is 3.48. The number of ether oxygens (including phenoxy) is 2. The van der Waals surface area contributed by atoms with E-state index in [0.29, 0.717) is 5.69 Å². The Balaban J connectivity index is 1.71. The normalized spacial score (nSPS) is 17.8. The fourth-order valence-corrected chi connectivity index (χ4v) is 3.76. The molecule has 0 saturated heterocycles. The molecule has 29 heavy (non-hydrogen) atoms. The molecule has 3 aromatic rings. The Hall–Kier alpha value is -3.54. The van der Waals surface area contributed by atoms with Crippen LogP contribution in [0, 0.1) is 0 Å². The van der Waals surface area contributed by atoms with Crippen LogP contribution in [-0.4, -0.2) is 23.8 Å². The third-order valence-electron chi connectivity index (χ3n) is 5.49. The molecule has 0 aliphatic heterocycles. The molecule has 1 fully saturated rings. The number of methoxy groups -OCH3 is 2. The number of nitrogens with two attached hydrogens (primary N) is 1. The zero-order valence-electron chi connectivity index (χ0n) is 16.7. The first-order valence-electron chi connectivity index (χ1n) is 9.29. The fourth-order valence-electron chi connectivity index (χ4n) is 3.76. The topological polar surface area (TPSA) is 79.4 Å². The second kappa shape index (κ2) is 7.13. The van der Waals surface area contributed by atoms with Crippen molar-refractivity contribution in [1.29, 1.82) is 0 Å². The van der Waals surface area contributed by atoms with Crippen molar-refractivity contribution in [3.63, 3.8) is 0 Å². The van der Waals surface area contributed by atoms with Crippen LogP contribution in [-0.2, 0) is 7.05 Å². The van der Waals surface area contributed by atoms with Gasteiger partial charge in [-0.15, -0.1) is 0 Å². The Morgan fingerprint density at radius 2 is 1.86 bits per heavy atom. The smallest absolute Gasteiger partial charge is 0.254 e. The Bertz CT molecular complexity index is 1170. The van der Waals surface area contributed by atoms with Gasteiger partial charge in [0.25, 0.3) is 5.56 Å². The molecule has 2 aromatic carbocycles. The summed E-state index contributed by atoms with van der Waals surface area (Å²) in [5.74, 6) is 1.84. The predicted molar refractivity (Wildman–Crippen MR) is 113 cm³/mol. The molecule has 6 heteroatoms. The molecule has 1 aliphatic rings. The van der Waals surface area contributed by atoms with Crippen LogP contribution in [0.3, 0.4) is 0 Å². The molecule has 1 saturated carbocycles. The maximum atomic E-state index is 12.1. The van der Waals surface area contributed by atoms with Gasteiger partial charge in [-0.2, -0.15) is 0 Å². The third-order valence-corrected chi connectivity index (χ3v) is 5.49. The lowest BCUT2D eigenvalue weighted by molar-refractivity contribution is 0.404. The molecule has 0 spiro atoms. The summed E-state index contributed by atoms with van der Waals surface area (Å²) < 4.78 is 12.2. The molecule has 1 aliphatic carbocycles. The lowest BCUT2D eigenvalue weighted by Crippen LogP contribution is -2.21. The highest BCUT2D eigenvalue weighted by Crippen LogP contribution is 2.58. The molecule has 2 unspecified atom stereocenters. The molecule has 0 amide bonds. The van der Waals surface area contributed by atoms with Gasteiger partial charge in [0, 0.05) is 30.5 Å². The molecule has 6 nitrogen and oxygen atoms in total. The summed E-state index contributed by atoms with van der Waals surface area (Å²) in [4.78, 5) is 16.5. The van der Waals surface area contributed by atoms with Gasteiger partial charge in [0.1, 0.15) is 11.5 Å². The number of benzene rings is 2. The van der Waals surface area contributed by atoms with Crippen LogP contribution in [0.1, 0.15) is 23.1 Å². The van der Waals surface area contributed by atoms with E-state index in [1.165, 1.54) is 4.57 Å². The second-order valence-electron chi connectivity index (χ2n) is 7.16. The average Bonchev–Trinajstić information content (AvgIpc) is 3.42.